The number of ether oxygens (including phenoxy) is 1. The molecule has 2 bridgehead atoms. The Balaban J connectivity index is 1.50. The summed E-state index contributed by atoms with van der Waals surface area (Å²) in [7, 11) is 1.63. The van der Waals surface area contributed by atoms with Crippen molar-refractivity contribution in [2.24, 2.45) is 23.5 Å². The lowest BCUT2D eigenvalue weighted by atomic mass is 9.83. The lowest BCUT2D eigenvalue weighted by Gasteiger charge is -2.46. The van der Waals surface area contributed by atoms with Gasteiger partial charge in [-0.05, 0) is 61.8 Å². The Labute approximate surface area is 244 Å². The molecule has 1 aromatic rings. The van der Waals surface area contributed by atoms with Crippen LogP contribution in [0.1, 0.15) is 64.7 Å². The standard InChI is InChI=1S/C30H47ClN6O3/c1-4-6-7-8-9-10-15-37-18-22(31)29(35-27-20-12-11-19(16-20)26(27)28(32)39)36-30(37)34-23-17-21(33-25(38)5-2)13-14-24(23)40-3/h5,13-14,17,19-20,22,26-27,29-30,34-36H,2,4,6-12,15-16,18H2,1,3H3,(H2,32,39)(H,33,38)/t19-,20+,22?,26+,27-,29?,30?/m0/s1. The maximum absolute atomic E-state index is 12.4. The number of hydrogen-bond donors (Lipinski definition) is 5. The summed E-state index contributed by atoms with van der Waals surface area (Å²) in [6.45, 7) is 7.34. The van der Waals surface area contributed by atoms with Gasteiger partial charge in [-0.25, -0.2) is 0 Å². The van der Waals surface area contributed by atoms with Crippen LogP contribution in [0.5, 0.6) is 5.75 Å². The number of primary amides is 1. The molecule has 9 nitrogen and oxygen atoms in total. The minimum Gasteiger partial charge on any atom is -0.495 e. The second kappa shape index (κ2) is 14.5. The minimum atomic E-state index is -0.277. The summed E-state index contributed by atoms with van der Waals surface area (Å²) in [5, 5.41) is 13.7. The molecule has 40 heavy (non-hydrogen) atoms. The maximum atomic E-state index is 12.4. The van der Waals surface area contributed by atoms with Crippen molar-refractivity contribution in [1.82, 2.24) is 15.5 Å². The minimum absolute atomic E-state index is 0.0349. The number of hydrogen-bond acceptors (Lipinski definition) is 7. The molecular weight excluding hydrogens is 528 g/mol. The van der Waals surface area contributed by atoms with Crippen LogP contribution < -0.4 is 31.7 Å². The molecular formula is C30H47ClN6O3. The third-order valence-electron chi connectivity index (χ3n) is 8.83. The van der Waals surface area contributed by atoms with Crippen molar-refractivity contribution in [2.75, 3.05) is 30.8 Å². The first-order valence-corrected chi connectivity index (χ1v) is 15.4. The number of benzene rings is 1. The SMILES string of the molecule is C=CC(=O)Nc1ccc(OC)c(NC2NC(N[C@H]3[C@@H]4CC[C@@H](C4)[C@H]3C(N)=O)C(Cl)CN2CCCCCCCC)c1. The largest absolute Gasteiger partial charge is 0.495 e. The Morgan fingerprint density at radius 1 is 1.20 bits per heavy atom. The van der Waals surface area contributed by atoms with Gasteiger partial charge in [0.15, 0.2) is 0 Å². The van der Waals surface area contributed by atoms with Gasteiger partial charge in [-0.1, -0.05) is 45.6 Å². The van der Waals surface area contributed by atoms with E-state index in [1.54, 1.807) is 13.2 Å². The van der Waals surface area contributed by atoms with Crippen molar-refractivity contribution >= 4 is 34.8 Å². The number of nitrogens with two attached hydrogens (primary N) is 1. The molecule has 3 aliphatic rings. The van der Waals surface area contributed by atoms with Crippen LogP contribution in [0.25, 0.3) is 0 Å². The molecule has 222 valence electrons. The van der Waals surface area contributed by atoms with E-state index in [4.69, 9.17) is 22.1 Å². The molecule has 0 radical (unpaired) electrons. The van der Waals surface area contributed by atoms with Crippen LogP contribution in [0, 0.1) is 17.8 Å². The Bertz CT molecular complexity index is 1030. The molecule has 2 amide bonds. The predicted molar refractivity (Wildman–Crippen MR) is 161 cm³/mol. The van der Waals surface area contributed by atoms with Crippen molar-refractivity contribution in [3.05, 3.63) is 30.9 Å². The summed E-state index contributed by atoms with van der Waals surface area (Å²) in [5.41, 5.74) is 7.24. The molecule has 2 aliphatic carbocycles. The van der Waals surface area contributed by atoms with Gasteiger partial charge < -0.3 is 21.1 Å². The molecule has 1 aliphatic heterocycles. The van der Waals surface area contributed by atoms with E-state index in [9.17, 15) is 9.59 Å². The fraction of sp³-hybridized carbons (Fsp3) is 0.667. The normalized spacial score (nSPS) is 29.7. The summed E-state index contributed by atoms with van der Waals surface area (Å²) in [6.07, 6.45) is 11.3. The molecule has 10 heteroatoms. The third kappa shape index (κ3) is 7.49. The molecule has 3 fully saturated rings. The zero-order valence-electron chi connectivity index (χ0n) is 24.0. The maximum Gasteiger partial charge on any atom is 0.247 e. The first-order chi connectivity index (χ1) is 19.3. The van der Waals surface area contributed by atoms with E-state index in [2.05, 4.69) is 39.7 Å². The van der Waals surface area contributed by atoms with E-state index >= 15 is 0 Å². The summed E-state index contributed by atoms with van der Waals surface area (Å²) in [6, 6.07) is 5.52. The Morgan fingerprint density at radius 2 is 1.95 bits per heavy atom. The lowest BCUT2D eigenvalue weighted by molar-refractivity contribution is -0.124. The quantitative estimate of drug-likeness (QED) is 0.121. The number of nitrogens with one attached hydrogen (secondary N) is 4. The number of carbonyl (C=O) groups is 2. The smallest absolute Gasteiger partial charge is 0.247 e. The molecule has 6 N–H and O–H groups in total. The van der Waals surface area contributed by atoms with Crippen molar-refractivity contribution in [3.63, 3.8) is 0 Å². The summed E-state index contributed by atoms with van der Waals surface area (Å²) in [4.78, 5) is 26.6. The topological polar surface area (TPSA) is 121 Å². The number of halogens is 1. The summed E-state index contributed by atoms with van der Waals surface area (Å²) < 4.78 is 5.64. The van der Waals surface area contributed by atoms with Crippen molar-refractivity contribution < 1.29 is 14.3 Å². The molecule has 3 unspecified atom stereocenters. The van der Waals surface area contributed by atoms with Crippen LogP contribution in [0.3, 0.4) is 0 Å². The highest BCUT2D eigenvalue weighted by atomic mass is 35.5. The number of methoxy groups -OCH3 is 1. The molecule has 1 heterocycles. The summed E-state index contributed by atoms with van der Waals surface area (Å²) >= 11 is 7.00. The lowest BCUT2D eigenvalue weighted by Crippen LogP contribution is -2.69. The van der Waals surface area contributed by atoms with Gasteiger partial charge in [-0.2, -0.15) is 0 Å². The monoisotopic (exact) mass is 574 g/mol. The number of anilines is 2. The van der Waals surface area contributed by atoms with Gasteiger partial charge in [-0.3, -0.25) is 25.1 Å². The highest BCUT2D eigenvalue weighted by Gasteiger charge is 2.51. The highest BCUT2D eigenvalue weighted by Crippen LogP contribution is 2.48. The average molecular weight is 575 g/mol. The molecule has 1 aromatic carbocycles. The van der Waals surface area contributed by atoms with Crippen LogP contribution >= 0.6 is 11.6 Å². The van der Waals surface area contributed by atoms with Gasteiger partial charge in [0.25, 0.3) is 0 Å². The predicted octanol–water partition coefficient (Wildman–Crippen LogP) is 4.20. The van der Waals surface area contributed by atoms with E-state index in [1.807, 2.05) is 12.1 Å². The van der Waals surface area contributed by atoms with Gasteiger partial charge in [0.05, 0.1) is 30.3 Å². The van der Waals surface area contributed by atoms with Gasteiger partial charge in [0, 0.05) is 24.8 Å². The fourth-order valence-electron chi connectivity index (χ4n) is 6.80. The second-order valence-corrected chi connectivity index (χ2v) is 12.1. The molecule has 7 atom stereocenters. The zero-order chi connectivity index (χ0) is 28.6. The van der Waals surface area contributed by atoms with E-state index in [0.717, 1.165) is 37.9 Å². The number of alkyl halides is 1. The Hall–Kier alpha value is -2.33. The molecule has 4 rings (SSSR count). The van der Waals surface area contributed by atoms with Crippen LogP contribution in [-0.2, 0) is 9.59 Å². The van der Waals surface area contributed by atoms with Gasteiger partial charge in [0.2, 0.25) is 11.8 Å². The number of carbonyl (C=O) groups excluding carboxylic acids is 2. The Kier molecular flexibility index (Phi) is 11.1. The Morgan fingerprint density at radius 3 is 2.67 bits per heavy atom. The van der Waals surface area contributed by atoms with Crippen molar-refractivity contribution in [3.8, 4) is 5.75 Å². The van der Waals surface area contributed by atoms with Crippen molar-refractivity contribution in [1.29, 1.82) is 0 Å². The highest BCUT2D eigenvalue weighted by molar-refractivity contribution is 6.21. The van der Waals surface area contributed by atoms with E-state index < -0.39 is 0 Å². The first-order valence-electron chi connectivity index (χ1n) is 14.9. The molecule has 1 saturated heterocycles. The van der Waals surface area contributed by atoms with E-state index in [1.165, 1.54) is 38.2 Å². The molecule has 2 saturated carbocycles. The summed E-state index contributed by atoms with van der Waals surface area (Å²) in [5.74, 6) is 0.841. The van der Waals surface area contributed by atoms with Crippen LogP contribution in [0.15, 0.2) is 30.9 Å². The van der Waals surface area contributed by atoms with E-state index in [0.29, 0.717) is 29.8 Å². The number of fused-ring (bicyclic) bond motifs is 2. The third-order valence-corrected chi connectivity index (χ3v) is 9.22. The zero-order valence-corrected chi connectivity index (χ0v) is 24.7. The van der Waals surface area contributed by atoms with Crippen molar-refractivity contribution in [2.45, 2.75) is 88.6 Å². The fourth-order valence-corrected chi connectivity index (χ4v) is 7.13. The second-order valence-electron chi connectivity index (χ2n) is 11.5. The average Bonchev–Trinajstić information content (AvgIpc) is 3.55. The first kappa shape index (κ1) is 30.6. The van der Waals surface area contributed by atoms with E-state index in [-0.39, 0.29) is 41.6 Å². The molecule has 0 spiro atoms. The number of unbranched alkanes of at least 4 members (excludes halogenated alkanes) is 5. The molecule has 0 aromatic heterocycles. The van der Waals surface area contributed by atoms with Gasteiger partial charge >= 0.3 is 0 Å². The number of amides is 2. The van der Waals surface area contributed by atoms with Crippen LogP contribution in [-0.4, -0.2) is 60.8 Å². The number of rotatable bonds is 15. The van der Waals surface area contributed by atoms with Crippen LogP contribution in [0.2, 0.25) is 0 Å². The van der Waals surface area contributed by atoms with Gasteiger partial charge in [0.1, 0.15) is 12.0 Å². The van der Waals surface area contributed by atoms with Crippen LogP contribution in [0.4, 0.5) is 11.4 Å². The van der Waals surface area contributed by atoms with Gasteiger partial charge in [-0.15, -0.1) is 11.6 Å². The number of nitrogens with zero attached hydrogens (tertiary/aromatic N) is 1.